The smallest absolute Gasteiger partial charge is 0.254 e. The standard InChI is InChI=1S/C19H26N2O3/c1-13-9-14(2)11-21(10-13)19(23)18-17(15-7-5-4-6-8-15)20(3)16(22)12-24-18/h4-8,13-14,17-18H,9-12H2,1-3H3/t13-,14+,17-,18+/m0/s1. The molecule has 0 saturated carbocycles. The van der Waals surface area contributed by atoms with Gasteiger partial charge in [0, 0.05) is 20.1 Å². The van der Waals surface area contributed by atoms with Gasteiger partial charge < -0.3 is 14.5 Å². The first-order valence-corrected chi connectivity index (χ1v) is 8.68. The molecule has 24 heavy (non-hydrogen) atoms. The summed E-state index contributed by atoms with van der Waals surface area (Å²) in [7, 11) is 1.75. The van der Waals surface area contributed by atoms with Crippen molar-refractivity contribution in [2.45, 2.75) is 32.4 Å². The Morgan fingerprint density at radius 3 is 2.38 bits per heavy atom. The molecule has 130 valence electrons. The summed E-state index contributed by atoms with van der Waals surface area (Å²) in [5.41, 5.74) is 0.935. The lowest BCUT2D eigenvalue weighted by atomic mass is 9.90. The lowest BCUT2D eigenvalue weighted by molar-refractivity contribution is -0.168. The molecule has 4 atom stereocenters. The van der Waals surface area contributed by atoms with Crippen molar-refractivity contribution in [1.29, 1.82) is 0 Å². The molecule has 5 nitrogen and oxygen atoms in total. The van der Waals surface area contributed by atoms with Gasteiger partial charge in [-0.15, -0.1) is 0 Å². The number of morpholine rings is 1. The minimum atomic E-state index is -0.632. The van der Waals surface area contributed by atoms with Crippen LogP contribution in [0.1, 0.15) is 31.9 Å². The van der Waals surface area contributed by atoms with Crippen LogP contribution in [0.2, 0.25) is 0 Å². The van der Waals surface area contributed by atoms with Crippen molar-refractivity contribution in [2.24, 2.45) is 11.8 Å². The van der Waals surface area contributed by atoms with Gasteiger partial charge in [-0.25, -0.2) is 0 Å². The highest BCUT2D eigenvalue weighted by Gasteiger charge is 2.42. The molecule has 2 amide bonds. The maximum absolute atomic E-state index is 13.1. The molecule has 2 heterocycles. The Labute approximate surface area is 143 Å². The van der Waals surface area contributed by atoms with E-state index in [4.69, 9.17) is 4.74 Å². The quantitative estimate of drug-likeness (QED) is 0.834. The fourth-order valence-corrected chi connectivity index (χ4v) is 3.99. The number of carbonyl (C=O) groups excluding carboxylic acids is 2. The molecule has 5 heteroatoms. The Balaban J connectivity index is 1.86. The number of rotatable bonds is 2. The minimum absolute atomic E-state index is 0.00148. The second kappa shape index (κ2) is 6.93. The number of ether oxygens (including phenoxy) is 1. The van der Waals surface area contributed by atoms with Gasteiger partial charge in [0.2, 0.25) is 5.91 Å². The number of benzene rings is 1. The number of likely N-dealkylation sites (tertiary alicyclic amines) is 1. The van der Waals surface area contributed by atoms with E-state index in [1.807, 2.05) is 35.2 Å². The average Bonchev–Trinajstić information content (AvgIpc) is 2.56. The molecular formula is C19H26N2O3. The summed E-state index contributed by atoms with van der Waals surface area (Å²) in [5.74, 6) is 0.904. The molecule has 0 unspecified atom stereocenters. The second-order valence-electron chi connectivity index (χ2n) is 7.28. The van der Waals surface area contributed by atoms with Gasteiger partial charge in [-0.1, -0.05) is 44.2 Å². The molecular weight excluding hydrogens is 304 g/mol. The maximum atomic E-state index is 13.1. The van der Waals surface area contributed by atoms with Gasteiger partial charge in [-0.2, -0.15) is 0 Å². The van der Waals surface area contributed by atoms with E-state index in [2.05, 4.69) is 13.8 Å². The van der Waals surface area contributed by atoms with Crippen molar-refractivity contribution in [2.75, 3.05) is 26.7 Å². The first-order valence-electron chi connectivity index (χ1n) is 8.68. The lowest BCUT2D eigenvalue weighted by Crippen LogP contribution is -2.55. The molecule has 0 bridgehead atoms. The number of piperidine rings is 1. The molecule has 0 N–H and O–H groups in total. The number of carbonyl (C=O) groups is 2. The van der Waals surface area contributed by atoms with Crippen molar-refractivity contribution in [3.8, 4) is 0 Å². The Kier molecular flexibility index (Phi) is 4.90. The van der Waals surface area contributed by atoms with Crippen LogP contribution in [-0.4, -0.2) is 54.5 Å². The van der Waals surface area contributed by atoms with E-state index in [1.54, 1.807) is 11.9 Å². The van der Waals surface area contributed by atoms with E-state index in [9.17, 15) is 9.59 Å². The summed E-state index contributed by atoms with van der Waals surface area (Å²) < 4.78 is 5.73. The van der Waals surface area contributed by atoms with Gasteiger partial charge in [0.15, 0.2) is 6.10 Å². The largest absolute Gasteiger partial charge is 0.356 e. The fourth-order valence-electron chi connectivity index (χ4n) is 3.99. The van der Waals surface area contributed by atoms with Crippen LogP contribution in [0.5, 0.6) is 0 Å². The predicted octanol–water partition coefficient (Wildman–Crippen LogP) is 2.09. The molecule has 0 aliphatic carbocycles. The predicted molar refractivity (Wildman–Crippen MR) is 91.2 cm³/mol. The van der Waals surface area contributed by atoms with E-state index < -0.39 is 6.10 Å². The molecule has 0 aromatic heterocycles. The highest BCUT2D eigenvalue weighted by molar-refractivity contribution is 5.86. The zero-order valence-electron chi connectivity index (χ0n) is 14.6. The van der Waals surface area contributed by atoms with E-state index in [1.165, 1.54) is 0 Å². The Morgan fingerprint density at radius 1 is 1.12 bits per heavy atom. The highest BCUT2D eigenvalue weighted by Crippen LogP contribution is 2.31. The van der Waals surface area contributed by atoms with Gasteiger partial charge in [0.1, 0.15) is 6.61 Å². The molecule has 1 aromatic rings. The van der Waals surface area contributed by atoms with Gasteiger partial charge in [0.25, 0.3) is 5.91 Å². The number of hydrogen-bond donors (Lipinski definition) is 0. The normalized spacial score (nSPS) is 31.2. The van der Waals surface area contributed by atoms with Crippen LogP contribution < -0.4 is 0 Å². The molecule has 2 saturated heterocycles. The van der Waals surface area contributed by atoms with Gasteiger partial charge in [-0.3, -0.25) is 9.59 Å². The van der Waals surface area contributed by atoms with Crippen LogP contribution in [0.3, 0.4) is 0 Å². The molecule has 2 fully saturated rings. The Hall–Kier alpha value is -1.88. The maximum Gasteiger partial charge on any atom is 0.254 e. The molecule has 1 aromatic carbocycles. The van der Waals surface area contributed by atoms with Gasteiger partial charge in [0.05, 0.1) is 6.04 Å². The first-order chi connectivity index (χ1) is 11.5. The van der Waals surface area contributed by atoms with Crippen molar-refractivity contribution >= 4 is 11.8 Å². The summed E-state index contributed by atoms with van der Waals surface area (Å²) in [6.45, 7) is 5.86. The van der Waals surface area contributed by atoms with Gasteiger partial charge >= 0.3 is 0 Å². The first kappa shape index (κ1) is 17.0. The van der Waals surface area contributed by atoms with Crippen molar-refractivity contribution < 1.29 is 14.3 Å². The summed E-state index contributed by atoms with van der Waals surface area (Å²) in [6, 6.07) is 9.31. The lowest BCUT2D eigenvalue weighted by Gasteiger charge is -2.42. The zero-order valence-corrected chi connectivity index (χ0v) is 14.6. The summed E-state index contributed by atoms with van der Waals surface area (Å²) >= 11 is 0. The number of nitrogens with zero attached hydrogens (tertiary/aromatic N) is 2. The van der Waals surface area contributed by atoms with Crippen LogP contribution in [0.4, 0.5) is 0 Å². The molecule has 3 rings (SSSR count). The monoisotopic (exact) mass is 330 g/mol. The van der Waals surface area contributed by atoms with E-state index in [0.717, 1.165) is 25.1 Å². The van der Waals surface area contributed by atoms with Crippen molar-refractivity contribution in [1.82, 2.24) is 9.80 Å². The molecule has 2 aliphatic heterocycles. The minimum Gasteiger partial charge on any atom is -0.356 e. The SMILES string of the molecule is C[C@@H]1C[C@H](C)CN(C(=O)[C@@H]2OCC(=O)N(C)[C@H]2c2ccccc2)C1. The van der Waals surface area contributed by atoms with Crippen LogP contribution in [-0.2, 0) is 14.3 Å². The third kappa shape index (κ3) is 3.31. The Bertz CT molecular complexity index is 594. The number of likely N-dealkylation sites (N-methyl/N-ethyl adjacent to an activating group) is 1. The van der Waals surface area contributed by atoms with Crippen LogP contribution in [0.15, 0.2) is 30.3 Å². The van der Waals surface area contributed by atoms with Crippen molar-refractivity contribution in [3.63, 3.8) is 0 Å². The molecule has 2 aliphatic rings. The topological polar surface area (TPSA) is 49.9 Å². The van der Waals surface area contributed by atoms with Gasteiger partial charge in [-0.05, 0) is 23.8 Å². The molecule has 0 spiro atoms. The van der Waals surface area contributed by atoms with Crippen LogP contribution in [0, 0.1) is 11.8 Å². The van der Waals surface area contributed by atoms with Crippen molar-refractivity contribution in [3.05, 3.63) is 35.9 Å². The number of hydrogen-bond acceptors (Lipinski definition) is 3. The zero-order chi connectivity index (χ0) is 17.3. The van der Waals surface area contributed by atoms with E-state index in [-0.39, 0.29) is 24.5 Å². The average molecular weight is 330 g/mol. The third-order valence-corrected chi connectivity index (χ3v) is 5.05. The van der Waals surface area contributed by atoms with Crippen LogP contribution >= 0.6 is 0 Å². The summed E-state index contributed by atoms with van der Waals surface area (Å²) in [4.78, 5) is 28.8. The number of amides is 2. The summed E-state index contributed by atoms with van der Waals surface area (Å²) in [6.07, 6.45) is 0.517. The fraction of sp³-hybridized carbons (Fsp3) is 0.579. The summed E-state index contributed by atoms with van der Waals surface area (Å²) in [5, 5.41) is 0. The van der Waals surface area contributed by atoms with Crippen LogP contribution in [0.25, 0.3) is 0 Å². The Morgan fingerprint density at radius 2 is 1.75 bits per heavy atom. The highest BCUT2D eigenvalue weighted by atomic mass is 16.5. The third-order valence-electron chi connectivity index (χ3n) is 5.05. The second-order valence-corrected chi connectivity index (χ2v) is 7.28. The molecule has 0 radical (unpaired) electrons. The van der Waals surface area contributed by atoms with E-state index in [0.29, 0.717) is 11.8 Å². The van der Waals surface area contributed by atoms with E-state index >= 15 is 0 Å².